The molecule has 0 fully saturated rings. The van der Waals surface area contributed by atoms with Gasteiger partial charge in [0.1, 0.15) is 5.75 Å². The molecule has 0 aliphatic rings. The molecule has 0 atom stereocenters. The second kappa shape index (κ2) is 15.8. The number of phenolic OH excluding ortho intramolecular Hbond substituents is 1. The van der Waals surface area contributed by atoms with Gasteiger partial charge in [-0.1, -0.05) is 98.8 Å². The first-order valence-corrected chi connectivity index (χ1v) is 13.5. The van der Waals surface area contributed by atoms with E-state index in [-0.39, 0.29) is 51.4 Å². The Morgan fingerprint density at radius 1 is 0.684 bits per heavy atom. The van der Waals surface area contributed by atoms with E-state index < -0.39 is 0 Å². The first-order chi connectivity index (χ1) is 18.0. The fraction of sp³-hybridized carbons (Fsp3) is 0.286. The SMILES string of the molecule is [CH2-]CCN(Cc1ccccc1CCc1cccc(O)c1)Cc1ccccc1Cc1ccc(C(C)C)cc1.[K+]. The second-order valence-corrected chi connectivity index (χ2v) is 10.3. The standard InChI is InChI=1S/C35H40NO.K/c1-4-22-36(25-33-13-7-5-11-31(33)21-18-28-10-9-15-35(37)24-28)26-34-14-8-6-12-32(34)23-29-16-19-30(20-17-29)27(2)3;/h5-17,19-20,24,27,37H,1,4,18,21-23,25-26H2,2-3H3;/q-1;+1. The van der Waals surface area contributed by atoms with E-state index in [0.29, 0.717) is 11.7 Å². The summed E-state index contributed by atoms with van der Waals surface area (Å²) in [5.41, 5.74) is 9.45. The fourth-order valence-electron chi connectivity index (χ4n) is 4.99. The molecule has 0 radical (unpaired) electrons. The number of hydrogen-bond donors (Lipinski definition) is 1. The Balaban J connectivity index is 0.00000400. The molecule has 0 unspecified atom stereocenters. The van der Waals surface area contributed by atoms with Crippen LogP contribution in [0.4, 0.5) is 0 Å². The summed E-state index contributed by atoms with van der Waals surface area (Å²) in [7, 11) is 0. The summed E-state index contributed by atoms with van der Waals surface area (Å²) in [4.78, 5) is 2.53. The zero-order valence-corrected chi connectivity index (χ0v) is 26.5. The van der Waals surface area contributed by atoms with E-state index in [4.69, 9.17) is 0 Å². The molecule has 0 heterocycles. The number of benzene rings is 4. The molecule has 0 bridgehead atoms. The smallest absolute Gasteiger partial charge is 0.508 e. The zero-order valence-electron chi connectivity index (χ0n) is 23.4. The summed E-state index contributed by atoms with van der Waals surface area (Å²) in [6, 6.07) is 34.4. The summed E-state index contributed by atoms with van der Waals surface area (Å²) in [5, 5.41) is 9.82. The van der Waals surface area contributed by atoms with Crippen molar-refractivity contribution in [2.45, 2.75) is 58.5 Å². The monoisotopic (exact) mass is 529 g/mol. The Hall–Kier alpha value is -1.72. The van der Waals surface area contributed by atoms with E-state index in [1.54, 1.807) is 6.07 Å². The maximum Gasteiger partial charge on any atom is 1.00 e. The van der Waals surface area contributed by atoms with Crippen molar-refractivity contribution >= 4 is 0 Å². The van der Waals surface area contributed by atoms with Gasteiger partial charge in [0.2, 0.25) is 0 Å². The number of hydrogen-bond acceptors (Lipinski definition) is 2. The normalized spacial score (nSPS) is 11.1. The first kappa shape index (κ1) is 30.8. The molecule has 2 nitrogen and oxygen atoms in total. The third kappa shape index (κ3) is 9.19. The van der Waals surface area contributed by atoms with E-state index in [9.17, 15) is 5.11 Å². The van der Waals surface area contributed by atoms with Crippen LogP contribution >= 0.6 is 0 Å². The van der Waals surface area contributed by atoms with Gasteiger partial charge in [-0.2, -0.15) is 6.42 Å². The van der Waals surface area contributed by atoms with Crippen molar-refractivity contribution in [2.75, 3.05) is 6.54 Å². The molecular weight excluding hydrogens is 489 g/mol. The van der Waals surface area contributed by atoms with Crippen LogP contribution in [0.5, 0.6) is 5.75 Å². The maximum absolute atomic E-state index is 9.82. The molecule has 0 saturated heterocycles. The van der Waals surface area contributed by atoms with Crippen molar-refractivity contribution in [1.82, 2.24) is 4.90 Å². The second-order valence-electron chi connectivity index (χ2n) is 10.3. The Bertz CT molecular complexity index is 1260. The minimum absolute atomic E-state index is 0. The van der Waals surface area contributed by atoms with Crippen LogP contribution < -0.4 is 51.4 Å². The molecule has 0 spiro atoms. The number of nitrogens with zero attached hydrogens (tertiary/aromatic N) is 1. The van der Waals surface area contributed by atoms with Crippen molar-refractivity contribution in [3.8, 4) is 5.75 Å². The average Bonchev–Trinajstić information content (AvgIpc) is 2.90. The van der Waals surface area contributed by atoms with E-state index in [2.05, 4.69) is 105 Å². The first-order valence-electron chi connectivity index (χ1n) is 13.5. The quantitative estimate of drug-likeness (QED) is 0.203. The molecular formula is C35H40KNO. The minimum atomic E-state index is 0. The van der Waals surface area contributed by atoms with Crippen LogP contribution in [0.15, 0.2) is 97.1 Å². The van der Waals surface area contributed by atoms with Crippen molar-refractivity contribution in [2.24, 2.45) is 0 Å². The summed E-state index contributed by atoms with van der Waals surface area (Å²) < 4.78 is 0. The molecule has 0 saturated carbocycles. The van der Waals surface area contributed by atoms with Crippen LogP contribution in [-0.4, -0.2) is 16.6 Å². The molecule has 4 rings (SSSR count). The van der Waals surface area contributed by atoms with Crippen LogP contribution in [0.2, 0.25) is 0 Å². The molecule has 0 aromatic heterocycles. The topological polar surface area (TPSA) is 23.5 Å². The number of rotatable bonds is 12. The van der Waals surface area contributed by atoms with Gasteiger partial charge in [0.05, 0.1) is 0 Å². The molecule has 0 amide bonds. The number of aromatic hydroxyl groups is 1. The third-order valence-electron chi connectivity index (χ3n) is 7.13. The van der Waals surface area contributed by atoms with Crippen LogP contribution in [0.3, 0.4) is 0 Å². The van der Waals surface area contributed by atoms with Gasteiger partial charge in [-0.05, 0) is 82.8 Å². The zero-order chi connectivity index (χ0) is 26.0. The van der Waals surface area contributed by atoms with Gasteiger partial charge in [-0.25, -0.2) is 0 Å². The maximum atomic E-state index is 9.82. The predicted octanol–water partition coefficient (Wildman–Crippen LogP) is 5.12. The molecule has 192 valence electrons. The van der Waals surface area contributed by atoms with Gasteiger partial charge < -0.3 is 12.0 Å². The van der Waals surface area contributed by atoms with Crippen molar-refractivity contribution in [3.63, 3.8) is 0 Å². The summed E-state index contributed by atoms with van der Waals surface area (Å²) >= 11 is 0. The van der Waals surface area contributed by atoms with E-state index in [1.807, 2.05) is 12.1 Å². The molecule has 38 heavy (non-hydrogen) atoms. The van der Waals surface area contributed by atoms with Gasteiger partial charge in [-0.15, -0.1) is 0 Å². The Kier molecular flexibility index (Phi) is 12.8. The predicted molar refractivity (Wildman–Crippen MR) is 156 cm³/mol. The summed E-state index contributed by atoms with van der Waals surface area (Å²) in [6.45, 7) is 11.4. The molecule has 0 aliphatic carbocycles. The van der Waals surface area contributed by atoms with Crippen molar-refractivity contribution in [3.05, 3.63) is 143 Å². The van der Waals surface area contributed by atoms with Gasteiger partial charge in [0, 0.05) is 13.1 Å². The van der Waals surface area contributed by atoms with Gasteiger partial charge in [-0.3, -0.25) is 4.90 Å². The van der Waals surface area contributed by atoms with Crippen LogP contribution in [-0.2, 0) is 32.4 Å². The van der Waals surface area contributed by atoms with Crippen LogP contribution in [0.25, 0.3) is 0 Å². The largest absolute Gasteiger partial charge is 1.00 e. The average molecular weight is 530 g/mol. The summed E-state index contributed by atoms with van der Waals surface area (Å²) in [5.74, 6) is 0.891. The molecule has 0 aliphatic heterocycles. The Labute approximate surface area is 272 Å². The molecule has 4 aromatic carbocycles. The van der Waals surface area contributed by atoms with E-state index >= 15 is 0 Å². The van der Waals surface area contributed by atoms with Crippen molar-refractivity contribution < 1.29 is 56.5 Å². The van der Waals surface area contributed by atoms with Crippen molar-refractivity contribution in [1.29, 1.82) is 0 Å². The number of aryl methyl sites for hydroxylation is 2. The van der Waals surface area contributed by atoms with Crippen LogP contribution in [0.1, 0.15) is 65.1 Å². The Morgan fingerprint density at radius 3 is 1.89 bits per heavy atom. The molecule has 3 heteroatoms. The number of phenols is 1. The fourth-order valence-corrected chi connectivity index (χ4v) is 4.99. The molecule has 4 aromatic rings. The van der Waals surface area contributed by atoms with Gasteiger partial charge >= 0.3 is 51.4 Å². The third-order valence-corrected chi connectivity index (χ3v) is 7.13. The van der Waals surface area contributed by atoms with Gasteiger partial charge in [0.15, 0.2) is 0 Å². The summed E-state index contributed by atoms with van der Waals surface area (Å²) in [6.07, 6.45) is 3.71. The molecule has 1 N–H and O–H groups in total. The van der Waals surface area contributed by atoms with Crippen LogP contribution in [0, 0.1) is 6.92 Å². The van der Waals surface area contributed by atoms with E-state index in [0.717, 1.165) is 45.3 Å². The van der Waals surface area contributed by atoms with Gasteiger partial charge in [0.25, 0.3) is 0 Å². The minimum Gasteiger partial charge on any atom is -0.508 e. The Morgan fingerprint density at radius 2 is 1.29 bits per heavy atom. The van der Waals surface area contributed by atoms with E-state index in [1.165, 1.54) is 38.9 Å².